The van der Waals surface area contributed by atoms with Gasteiger partial charge in [-0.2, -0.15) is 0 Å². The molecule has 5 heteroatoms. The number of carbonyl (C=O) groups is 2. The van der Waals surface area contributed by atoms with Crippen LogP contribution in [0.5, 0.6) is 11.5 Å². The second kappa shape index (κ2) is 8.72. The first-order valence-electron chi connectivity index (χ1n) is 7.81. The van der Waals surface area contributed by atoms with Gasteiger partial charge in [-0.3, -0.25) is 9.59 Å². The molecule has 0 aliphatic rings. The Hall–Kier alpha value is -2.82. The van der Waals surface area contributed by atoms with Crippen molar-refractivity contribution in [3.05, 3.63) is 54.1 Å². The Morgan fingerprint density at radius 3 is 2.54 bits per heavy atom. The summed E-state index contributed by atoms with van der Waals surface area (Å²) < 4.78 is 10.9. The average Bonchev–Trinajstić information content (AvgIpc) is 2.51. The molecule has 0 aromatic heterocycles. The number of rotatable bonds is 7. The molecule has 0 unspecified atom stereocenters. The number of carbonyl (C=O) groups excluding carboxylic acids is 2. The summed E-state index contributed by atoms with van der Waals surface area (Å²) in [5, 5.41) is 2.64. The van der Waals surface area contributed by atoms with Crippen molar-refractivity contribution in [1.29, 1.82) is 0 Å². The molecule has 0 radical (unpaired) electrons. The minimum atomic E-state index is -0.331. The molecule has 0 aliphatic carbocycles. The summed E-state index contributed by atoms with van der Waals surface area (Å²) in [6.07, 6.45) is 0.828. The van der Waals surface area contributed by atoms with E-state index in [1.54, 1.807) is 24.3 Å². The Morgan fingerprint density at radius 2 is 1.79 bits per heavy atom. The van der Waals surface area contributed by atoms with E-state index >= 15 is 0 Å². The molecule has 0 fully saturated rings. The van der Waals surface area contributed by atoms with E-state index in [-0.39, 0.29) is 18.3 Å². The van der Waals surface area contributed by atoms with Crippen molar-refractivity contribution in [2.45, 2.75) is 26.7 Å². The van der Waals surface area contributed by atoms with Gasteiger partial charge in [0.2, 0.25) is 5.91 Å². The van der Waals surface area contributed by atoms with E-state index in [1.165, 1.54) is 6.92 Å². The summed E-state index contributed by atoms with van der Waals surface area (Å²) in [6, 6.07) is 14.5. The summed E-state index contributed by atoms with van der Waals surface area (Å²) in [4.78, 5) is 22.9. The minimum Gasteiger partial charge on any atom is -0.494 e. The fourth-order valence-electron chi connectivity index (χ4n) is 2.13. The SMILES string of the molecule is CC(=O)Nc1cccc(OC(=O)CCCOc2cccc(C)c2)c1. The smallest absolute Gasteiger partial charge is 0.311 e. The van der Waals surface area contributed by atoms with Gasteiger partial charge >= 0.3 is 5.97 Å². The maximum Gasteiger partial charge on any atom is 0.311 e. The van der Waals surface area contributed by atoms with Gasteiger partial charge < -0.3 is 14.8 Å². The first kappa shape index (κ1) is 17.5. The number of benzene rings is 2. The third kappa shape index (κ3) is 6.12. The lowest BCUT2D eigenvalue weighted by Crippen LogP contribution is -2.10. The van der Waals surface area contributed by atoms with Crippen LogP contribution >= 0.6 is 0 Å². The number of aryl methyl sites for hydroxylation is 1. The van der Waals surface area contributed by atoms with Gasteiger partial charge in [-0.05, 0) is 43.2 Å². The van der Waals surface area contributed by atoms with Crippen LogP contribution in [0.25, 0.3) is 0 Å². The normalized spacial score (nSPS) is 10.1. The molecule has 1 amide bonds. The molecule has 5 nitrogen and oxygen atoms in total. The highest BCUT2D eigenvalue weighted by atomic mass is 16.5. The molecule has 2 aromatic rings. The lowest BCUT2D eigenvalue weighted by molar-refractivity contribution is -0.134. The van der Waals surface area contributed by atoms with Crippen molar-refractivity contribution in [3.63, 3.8) is 0 Å². The summed E-state index contributed by atoms with van der Waals surface area (Å²) in [7, 11) is 0. The number of anilines is 1. The maximum absolute atomic E-state index is 11.8. The number of ether oxygens (including phenoxy) is 2. The summed E-state index contributed by atoms with van der Waals surface area (Å²) in [6.45, 7) is 3.87. The molecule has 0 saturated heterocycles. The molecule has 0 bridgehead atoms. The Labute approximate surface area is 141 Å². The fourth-order valence-corrected chi connectivity index (χ4v) is 2.13. The van der Waals surface area contributed by atoms with E-state index in [4.69, 9.17) is 9.47 Å². The molecule has 126 valence electrons. The van der Waals surface area contributed by atoms with E-state index in [0.717, 1.165) is 11.3 Å². The average molecular weight is 327 g/mol. The van der Waals surface area contributed by atoms with Gasteiger partial charge in [0.25, 0.3) is 0 Å². The van der Waals surface area contributed by atoms with Gasteiger partial charge in [-0.25, -0.2) is 0 Å². The number of esters is 1. The zero-order valence-corrected chi connectivity index (χ0v) is 13.9. The zero-order chi connectivity index (χ0) is 17.4. The molecule has 0 spiro atoms. The summed E-state index contributed by atoms with van der Waals surface area (Å²) in [5.74, 6) is 0.701. The first-order chi connectivity index (χ1) is 11.5. The highest BCUT2D eigenvalue weighted by Crippen LogP contribution is 2.18. The number of nitrogens with one attached hydrogen (secondary N) is 1. The van der Waals surface area contributed by atoms with Gasteiger partial charge in [-0.1, -0.05) is 18.2 Å². The van der Waals surface area contributed by atoms with Crippen LogP contribution in [-0.4, -0.2) is 18.5 Å². The van der Waals surface area contributed by atoms with E-state index in [2.05, 4.69) is 5.32 Å². The molecule has 0 saturated carbocycles. The number of amides is 1. The second-order valence-corrected chi connectivity index (χ2v) is 5.45. The minimum absolute atomic E-state index is 0.174. The van der Waals surface area contributed by atoms with Crippen LogP contribution in [0.4, 0.5) is 5.69 Å². The Balaban J connectivity index is 1.74. The van der Waals surface area contributed by atoms with Crippen molar-refractivity contribution >= 4 is 17.6 Å². The van der Waals surface area contributed by atoms with Crippen LogP contribution in [0.1, 0.15) is 25.3 Å². The molecule has 1 N–H and O–H groups in total. The van der Waals surface area contributed by atoms with Crippen molar-refractivity contribution in [1.82, 2.24) is 0 Å². The summed E-state index contributed by atoms with van der Waals surface area (Å²) >= 11 is 0. The molecule has 0 heterocycles. The highest BCUT2D eigenvalue weighted by molar-refractivity contribution is 5.89. The number of hydrogen-bond acceptors (Lipinski definition) is 4. The van der Waals surface area contributed by atoms with Gasteiger partial charge in [0.1, 0.15) is 11.5 Å². The van der Waals surface area contributed by atoms with Crippen molar-refractivity contribution in [2.24, 2.45) is 0 Å². The van der Waals surface area contributed by atoms with Crippen molar-refractivity contribution in [2.75, 3.05) is 11.9 Å². The Morgan fingerprint density at radius 1 is 1.04 bits per heavy atom. The quantitative estimate of drug-likeness (QED) is 0.478. The van der Waals surface area contributed by atoms with Crippen molar-refractivity contribution < 1.29 is 19.1 Å². The molecule has 2 aromatic carbocycles. The van der Waals surface area contributed by atoms with Gasteiger partial charge in [0, 0.05) is 25.1 Å². The van der Waals surface area contributed by atoms with Crippen molar-refractivity contribution in [3.8, 4) is 11.5 Å². The van der Waals surface area contributed by atoms with Gasteiger partial charge in [0.05, 0.1) is 6.61 Å². The maximum atomic E-state index is 11.8. The molecule has 2 rings (SSSR count). The van der Waals surface area contributed by atoms with E-state index < -0.39 is 0 Å². The van der Waals surface area contributed by atoms with Crippen LogP contribution in [0.15, 0.2) is 48.5 Å². The standard InChI is InChI=1S/C19H21NO4/c1-14-6-3-8-17(12-14)23-11-5-10-19(22)24-18-9-4-7-16(13-18)20-15(2)21/h3-4,6-9,12-13H,5,10-11H2,1-2H3,(H,20,21). The van der Waals surface area contributed by atoms with E-state index in [0.29, 0.717) is 24.5 Å². The Bertz CT molecular complexity index is 712. The molecular weight excluding hydrogens is 306 g/mol. The first-order valence-corrected chi connectivity index (χ1v) is 7.81. The topological polar surface area (TPSA) is 64.6 Å². The lowest BCUT2D eigenvalue weighted by Gasteiger charge is -2.08. The fraction of sp³-hybridized carbons (Fsp3) is 0.263. The largest absolute Gasteiger partial charge is 0.494 e. The van der Waals surface area contributed by atoms with E-state index in [1.807, 2.05) is 31.2 Å². The predicted octanol–water partition coefficient (Wildman–Crippen LogP) is 3.72. The monoisotopic (exact) mass is 327 g/mol. The molecule has 24 heavy (non-hydrogen) atoms. The molecule has 0 aliphatic heterocycles. The van der Waals surface area contributed by atoms with Crippen LogP contribution in [0.3, 0.4) is 0 Å². The number of hydrogen-bond donors (Lipinski definition) is 1. The molecule has 0 atom stereocenters. The third-order valence-electron chi connectivity index (χ3n) is 3.17. The van der Waals surface area contributed by atoms with Crippen LogP contribution in [0, 0.1) is 6.92 Å². The highest BCUT2D eigenvalue weighted by Gasteiger charge is 2.06. The predicted molar refractivity (Wildman–Crippen MR) is 92.3 cm³/mol. The van der Waals surface area contributed by atoms with Gasteiger partial charge in [-0.15, -0.1) is 0 Å². The van der Waals surface area contributed by atoms with Gasteiger partial charge in [0.15, 0.2) is 0 Å². The van der Waals surface area contributed by atoms with Crippen LogP contribution < -0.4 is 14.8 Å². The van der Waals surface area contributed by atoms with Crippen LogP contribution in [-0.2, 0) is 9.59 Å². The lowest BCUT2D eigenvalue weighted by atomic mass is 10.2. The summed E-state index contributed by atoms with van der Waals surface area (Å²) in [5.41, 5.74) is 1.72. The van der Waals surface area contributed by atoms with E-state index in [9.17, 15) is 9.59 Å². The third-order valence-corrected chi connectivity index (χ3v) is 3.17. The molecular formula is C19H21NO4. The Kier molecular flexibility index (Phi) is 6.37. The van der Waals surface area contributed by atoms with Crippen LogP contribution in [0.2, 0.25) is 0 Å². The zero-order valence-electron chi connectivity index (χ0n) is 13.9. The second-order valence-electron chi connectivity index (χ2n) is 5.45.